The maximum Gasteiger partial charge on any atom is 0.308 e. The molecule has 1 unspecified atom stereocenters. The van der Waals surface area contributed by atoms with E-state index < -0.39 is 11.9 Å². The number of carboxylic acids is 1. The largest absolute Gasteiger partial charge is 0.481 e. The summed E-state index contributed by atoms with van der Waals surface area (Å²) in [5.41, 5.74) is 0. The van der Waals surface area contributed by atoms with Crippen LogP contribution in [-0.2, 0) is 14.4 Å². The summed E-state index contributed by atoms with van der Waals surface area (Å²) in [5.74, 6) is -2.36. The van der Waals surface area contributed by atoms with Gasteiger partial charge in [0, 0.05) is 19.4 Å². The number of carbonyl (C=O) groups is 3. The van der Waals surface area contributed by atoms with Gasteiger partial charge in [-0.1, -0.05) is 6.92 Å². The number of carboxylic acid groups (broad SMARTS) is 1. The fourth-order valence-electron chi connectivity index (χ4n) is 1.46. The molecule has 0 aromatic rings. The molecule has 1 saturated heterocycles. The van der Waals surface area contributed by atoms with Gasteiger partial charge in [0.05, 0.1) is 5.92 Å². The van der Waals surface area contributed by atoms with Gasteiger partial charge in [0.2, 0.25) is 11.8 Å². The normalized spacial score (nSPS) is 21.4. The second-order valence-corrected chi connectivity index (χ2v) is 3.39. The van der Waals surface area contributed by atoms with Gasteiger partial charge in [-0.25, -0.2) is 0 Å². The number of likely N-dealkylation sites (tertiary alicyclic amines) is 1. The molecular formula is C9H13NO4. The number of imide groups is 1. The van der Waals surface area contributed by atoms with Crippen LogP contribution >= 0.6 is 0 Å². The Balaban J connectivity index is 2.61. The molecule has 1 atom stereocenters. The third-order valence-electron chi connectivity index (χ3n) is 2.24. The van der Waals surface area contributed by atoms with E-state index in [1.165, 1.54) is 0 Å². The lowest BCUT2D eigenvalue weighted by atomic mass is 10.1. The van der Waals surface area contributed by atoms with Crippen molar-refractivity contribution in [2.45, 2.75) is 26.2 Å². The van der Waals surface area contributed by atoms with Crippen LogP contribution in [0.1, 0.15) is 26.2 Å². The lowest BCUT2D eigenvalue weighted by Gasteiger charge is -2.12. The monoisotopic (exact) mass is 199 g/mol. The topological polar surface area (TPSA) is 74.7 Å². The quantitative estimate of drug-likeness (QED) is 0.706. The Hall–Kier alpha value is -1.39. The minimum Gasteiger partial charge on any atom is -0.481 e. The molecule has 0 radical (unpaired) electrons. The van der Waals surface area contributed by atoms with Crippen LogP contribution in [0.2, 0.25) is 0 Å². The fraction of sp³-hybridized carbons (Fsp3) is 0.667. The van der Waals surface area contributed by atoms with Crippen molar-refractivity contribution in [1.29, 1.82) is 0 Å². The molecular weight excluding hydrogens is 186 g/mol. The first-order valence-corrected chi connectivity index (χ1v) is 4.62. The van der Waals surface area contributed by atoms with E-state index in [2.05, 4.69) is 0 Å². The van der Waals surface area contributed by atoms with Gasteiger partial charge in [0.15, 0.2) is 0 Å². The molecule has 0 spiro atoms. The number of rotatable bonds is 3. The molecule has 1 heterocycles. The van der Waals surface area contributed by atoms with Crippen LogP contribution in [0, 0.1) is 5.92 Å². The summed E-state index contributed by atoms with van der Waals surface area (Å²) in [4.78, 5) is 34.2. The van der Waals surface area contributed by atoms with E-state index in [9.17, 15) is 14.4 Å². The Bertz CT molecular complexity index is 274. The predicted octanol–water partition coefficient (Wildman–Crippen LogP) is 0.246. The minimum atomic E-state index is -1.01. The third kappa shape index (κ3) is 2.10. The van der Waals surface area contributed by atoms with Gasteiger partial charge in [0.1, 0.15) is 0 Å². The first kappa shape index (κ1) is 10.7. The van der Waals surface area contributed by atoms with Gasteiger partial charge in [-0.15, -0.1) is 0 Å². The lowest BCUT2D eigenvalue weighted by molar-refractivity contribution is -0.142. The van der Waals surface area contributed by atoms with Crippen LogP contribution in [0.15, 0.2) is 0 Å². The number of amides is 2. The maximum absolute atomic E-state index is 11.3. The Labute approximate surface area is 81.7 Å². The predicted molar refractivity (Wildman–Crippen MR) is 47.4 cm³/mol. The summed E-state index contributed by atoms with van der Waals surface area (Å²) >= 11 is 0. The molecule has 0 saturated carbocycles. The molecule has 0 bridgehead atoms. The molecule has 1 rings (SSSR count). The van der Waals surface area contributed by atoms with E-state index in [0.29, 0.717) is 12.8 Å². The van der Waals surface area contributed by atoms with Crippen LogP contribution in [0.3, 0.4) is 0 Å². The number of aliphatic carboxylic acids is 1. The molecule has 1 fully saturated rings. The molecule has 5 heteroatoms. The number of nitrogens with zero attached hydrogens (tertiary/aromatic N) is 1. The summed E-state index contributed by atoms with van der Waals surface area (Å²) in [6.45, 7) is 1.88. The molecule has 2 amide bonds. The standard InChI is InChI=1S/C9H13NO4/c1-2-3-7(11)10-5-6(9(13)14)4-8(10)12/h6H,2-5H2,1H3,(H,13,14). The van der Waals surface area contributed by atoms with Gasteiger partial charge in [-0.05, 0) is 6.42 Å². The highest BCUT2D eigenvalue weighted by molar-refractivity contribution is 5.99. The van der Waals surface area contributed by atoms with E-state index >= 15 is 0 Å². The zero-order valence-corrected chi connectivity index (χ0v) is 8.02. The molecule has 1 N–H and O–H groups in total. The molecule has 0 aromatic heterocycles. The fourth-order valence-corrected chi connectivity index (χ4v) is 1.46. The van der Waals surface area contributed by atoms with Crippen molar-refractivity contribution in [3.8, 4) is 0 Å². The van der Waals surface area contributed by atoms with Crippen LogP contribution in [0.5, 0.6) is 0 Å². The summed E-state index contributed by atoms with van der Waals surface area (Å²) in [5, 5.41) is 8.67. The van der Waals surface area contributed by atoms with Crippen molar-refractivity contribution >= 4 is 17.8 Å². The van der Waals surface area contributed by atoms with E-state index in [4.69, 9.17) is 5.11 Å². The van der Waals surface area contributed by atoms with Gasteiger partial charge < -0.3 is 5.11 Å². The molecule has 0 aromatic carbocycles. The van der Waals surface area contributed by atoms with Crippen LogP contribution in [0.4, 0.5) is 0 Å². The number of hydrogen-bond acceptors (Lipinski definition) is 3. The van der Waals surface area contributed by atoms with Crippen molar-refractivity contribution in [3.05, 3.63) is 0 Å². The average Bonchev–Trinajstić information content (AvgIpc) is 2.48. The molecule has 0 aliphatic carbocycles. The Morgan fingerprint density at radius 2 is 2.21 bits per heavy atom. The highest BCUT2D eigenvalue weighted by atomic mass is 16.4. The Morgan fingerprint density at radius 1 is 1.57 bits per heavy atom. The molecule has 78 valence electrons. The summed E-state index contributed by atoms with van der Waals surface area (Å²) in [6.07, 6.45) is 0.920. The smallest absolute Gasteiger partial charge is 0.308 e. The Kier molecular flexibility index (Phi) is 3.22. The summed E-state index contributed by atoms with van der Waals surface area (Å²) in [6, 6.07) is 0. The molecule has 5 nitrogen and oxygen atoms in total. The SMILES string of the molecule is CCCC(=O)N1CC(C(=O)O)CC1=O. The van der Waals surface area contributed by atoms with Crippen LogP contribution in [0.25, 0.3) is 0 Å². The van der Waals surface area contributed by atoms with Gasteiger partial charge in [0.25, 0.3) is 0 Å². The molecule has 1 aliphatic rings. The molecule has 1 aliphatic heterocycles. The van der Waals surface area contributed by atoms with Crippen molar-refractivity contribution in [3.63, 3.8) is 0 Å². The van der Waals surface area contributed by atoms with Crippen molar-refractivity contribution in [2.24, 2.45) is 5.92 Å². The van der Waals surface area contributed by atoms with Crippen molar-refractivity contribution in [2.75, 3.05) is 6.54 Å². The van der Waals surface area contributed by atoms with Crippen molar-refractivity contribution in [1.82, 2.24) is 4.90 Å². The van der Waals surface area contributed by atoms with E-state index in [-0.39, 0.29) is 24.8 Å². The zero-order valence-electron chi connectivity index (χ0n) is 8.02. The van der Waals surface area contributed by atoms with Crippen molar-refractivity contribution < 1.29 is 19.5 Å². The first-order valence-electron chi connectivity index (χ1n) is 4.62. The number of hydrogen-bond donors (Lipinski definition) is 1. The van der Waals surface area contributed by atoms with Gasteiger partial charge in [-0.3, -0.25) is 19.3 Å². The van der Waals surface area contributed by atoms with E-state index in [0.717, 1.165) is 4.90 Å². The van der Waals surface area contributed by atoms with Gasteiger partial charge in [-0.2, -0.15) is 0 Å². The second kappa shape index (κ2) is 4.21. The van der Waals surface area contributed by atoms with E-state index in [1.54, 1.807) is 0 Å². The lowest BCUT2D eigenvalue weighted by Crippen LogP contribution is -2.32. The number of carbonyl (C=O) groups excluding carboxylic acids is 2. The van der Waals surface area contributed by atoms with Crippen LogP contribution < -0.4 is 0 Å². The highest BCUT2D eigenvalue weighted by Gasteiger charge is 2.37. The summed E-state index contributed by atoms with van der Waals surface area (Å²) in [7, 11) is 0. The van der Waals surface area contributed by atoms with E-state index in [1.807, 2.05) is 6.92 Å². The molecule has 14 heavy (non-hydrogen) atoms. The zero-order chi connectivity index (χ0) is 10.7. The minimum absolute atomic E-state index is 0.0347. The third-order valence-corrected chi connectivity index (χ3v) is 2.24. The van der Waals surface area contributed by atoms with Gasteiger partial charge >= 0.3 is 5.97 Å². The second-order valence-electron chi connectivity index (χ2n) is 3.39. The van der Waals surface area contributed by atoms with Crippen LogP contribution in [-0.4, -0.2) is 34.3 Å². The maximum atomic E-state index is 11.3. The highest BCUT2D eigenvalue weighted by Crippen LogP contribution is 2.18. The average molecular weight is 199 g/mol. The first-order chi connectivity index (χ1) is 6.56. The summed E-state index contributed by atoms with van der Waals surface area (Å²) < 4.78 is 0. The Morgan fingerprint density at radius 3 is 2.64 bits per heavy atom.